The Morgan fingerprint density at radius 2 is 1.70 bits per heavy atom. The van der Waals surface area contributed by atoms with Crippen LogP contribution in [0, 0.1) is 5.82 Å². The molecule has 2 aromatic rings. The average molecular weight is 373 g/mol. The Bertz CT molecular complexity index is 774. The fourth-order valence-corrected chi connectivity index (χ4v) is 3.39. The topological polar surface area (TPSA) is 57.0 Å². The predicted octanol–water partition coefficient (Wildman–Crippen LogP) is 2.40. The Morgan fingerprint density at radius 3 is 2.33 bits per heavy atom. The molecule has 1 unspecified atom stereocenters. The molecule has 1 fully saturated rings. The first-order chi connectivity index (χ1) is 13.0. The van der Waals surface area contributed by atoms with Crippen molar-refractivity contribution in [3.05, 3.63) is 59.8 Å². The maximum absolute atomic E-state index is 13.2. The summed E-state index contributed by atoms with van der Waals surface area (Å²) in [5.74, 6) is -0.447. The summed E-state index contributed by atoms with van der Waals surface area (Å²) in [6.07, 6.45) is 3.62. The Labute approximate surface area is 158 Å². The van der Waals surface area contributed by atoms with Crippen molar-refractivity contribution in [2.24, 2.45) is 0 Å². The molecule has 1 aromatic carbocycles. The van der Waals surface area contributed by atoms with Gasteiger partial charge in [-0.05, 0) is 44.3 Å². The Balaban J connectivity index is 1.70. The third-order valence-electron chi connectivity index (χ3n) is 4.80. The summed E-state index contributed by atoms with van der Waals surface area (Å²) in [6.45, 7) is 2.11. The Morgan fingerprint density at radius 1 is 1.04 bits per heavy atom. The maximum Gasteiger partial charge on any atom is 0.257 e. The van der Waals surface area contributed by atoms with Gasteiger partial charge in [-0.3, -0.25) is 14.5 Å². The highest BCUT2D eigenvalue weighted by atomic mass is 19.1. The predicted molar refractivity (Wildman–Crippen MR) is 98.6 cm³/mol. The number of rotatable bonds is 4. The first kappa shape index (κ1) is 19.1. The molecule has 0 N–H and O–H groups in total. The number of hydrogen-bond acceptors (Lipinski definition) is 4. The van der Waals surface area contributed by atoms with Gasteiger partial charge < -0.3 is 14.2 Å². The standard InChI is InChI=1S/C20H24FN3O3/c1-22(2)18(15-4-6-17(21)7-5-15)20(26)24-10-3-9-23(11-12-24)19(25)16-8-13-27-14-16/h4-8,13-14,18H,3,9-12H2,1-2H3. The molecule has 1 aliphatic heterocycles. The summed E-state index contributed by atoms with van der Waals surface area (Å²) in [5, 5.41) is 0. The maximum atomic E-state index is 13.2. The molecule has 1 aromatic heterocycles. The molecule has 0 bridgehead atoms. The second kappa shape index (κ2) is 8.35. The van der Waals surface area contributed by atoms with E-state index in [2.05, 4.69) is 0 Å². The zero-order valence-electron chi connectivity index (χ0n) is 15.6. The number of furan rings is 1. The van der Waals surface area contributed by atoms with Crippen LogP contribution < -0.4 is 0 Å². The van der Waals surface area contributed by atoms with Crippen LogP contribution in [0.2, 0.25) is 0 Å². The minimum Gasteiger partial charge on any atom is -0.472 e. The fourth-order valence-electron chi connectivity index (χ4n) is 3.39. The van der Waals surface area contributed by atoms with Crippen molar-refractivity contribution in [3.63, 3.8) is 0 Å². The SMILES string of the molecule is CN(C)C(C(=O)N1CCCN(C(=O)c2ccoc2)CC1)c1ccc(F)cc1. The number of benzene rings is 1. The van der Waals surface area contributed by atoms with Gasteiger partial charge in [0.25, 0.3) is 5.91 Å². The molecular formula is C20H24FN3O3. The lowest BCUT2D eigenvalue weighted by Gasteiger charge is -2.30. The average Bonchev–Trinajstić information content (AvgIpc) is 3.07. The van der Waals surface area contributed by atoms with E-state index in [1.807, 2.05) is 19.0 Å². The minimum absolute atomic E-state index is 0.0378. The van der Waals surface area contributed by atoms with Crippen LogP contribution in [0.25, 0.3) is 0 Å². The summed E-state index contributed by atoms with van der Waals surface area (Å²) in [4.78, 5) is 31.0. The van der Waals surface area contributed by atoms with Crippen molar-refractivity contribution >= 4 is 11.8 Å². The van der Waals surface area contributed by atoms with E-state index in [0.29, 0.717) is 38.2 Å². The van der Waals surface area contributed by atoms with Gasteiger partial charge in [0.1, 0.15) is 18.1 Å². The minimum atomic E-state index is -0.485. The third kappa shape index (κ3) is 4.36. The highest BCUT2D eigenvalue weighted by Gasteiger charge is 2.30. The fraction of sp³-hybridized carbons (Fsp3) is 0.400. The van der Waals surface area contributed by atoms with Crippen LogP contribution >= 0.6 is 0 Å². The van der Waals surface area contributed by atoms with Crippen LogP contribution in [0.15, 0.2) is 47.3 Å². The van der Waals surface area contributed by atoms with E-state index < -0.39 is 6.04 Å². The first-order valence-corrected chi connectivity index (χ1v) is 8.99. The molecule has 0 spiro atoms. The Kier molecular flexibility index (Phi) is 5.91. The van der Waals surface area contributed by atoms with Crippen molar-refractivity contribution in [2.45, 2.75) is 12.5 Å². The molecule has 7 heteroatoms. The molecule has 0 aliphatic carbocycles. The van der Waals surface area contributed by atoms with Gasteiger partial charge in [-0.2, -0.15) is 0 Å². The monoisotopic (exact) mass is 373 g/mol. The van der Waals surface area contributed by atoms with E-state index in [9.17, 15) is 14.0 Å². The number of amides is 2. The van der Waals surface area contributed by atoms with Crippen LogP contribution in [0.1, 0.15) is 28.4 Å². The van der Waals surface area contributed by atoms with Crippen molar-refractivity contribution < 1.29 is 18.4 Å². The number of likely N-dealkylation sites (N-methyl/N-ethyl adjacent to an activating group) is 1. The normalized spacial score (nSPS) is 16.3. The van der Waals surface area contributed by atoms with Crippen LogP contribution in [-0.4, -0.2) is 66.8 Å². The second-order valence-corrected chi connectivity index (χ2v) is 6.90. The number of halogens is 1. The summed E-state index contributed by atoms with van der Waals surface area (Å²) in [7, 11) is 3.66. The van der Waals surface area contributed by atoms with Gasteiger partial charge in [-0.1, -0.05) is 12.1 Å². The van der Waals surface area contributed by atoms with Crippen LogP contribution in [0.4, 0.5) is 4.39 Å². The van der Waals surface area contributed by atoms with Crippen LogP contribution in [0.5, 0.6) is 0 Å². The molecule has 144 valence electrons. The van der Waals surface area contributed by atoms with Gasteiger partial charge in [0.15, 0.2) is 0 Å². The van der Waals surface area contributed by atoms with Gasteiger partial charge >= 0.3 is 0 Å². The molecule has 1 atom stereocenters. The lowest BCUT2D eigenvalue weighted by molar-refractivity contribution is -0.136. The molecule has 0 saturated carbocycles. The number of hydrogen-bond donors (Lipinski definition) is 0. The molecule has 2 heterocycles. The third-order valence-corrected chi connectivity index (χ3v) is 4.80. The number of carbonyl (C=O) groups is 2. The van der Waals surface area contributed by atoms with Crippen LogP contribution in [0.3, 0.4) is 0 Å². The van der Waals surface area contributed by atoms with E-state index in [1.54, 1.807) is 28.0 Å². The van der Waals surface area contributed by atoms with E-state index >= 15 is 0 Å². The largest absolute Gasteiger partial charge is 0.472 e. The molecule has 1 aliphatic rings. The van der Waals surface area contributed by atoms with Gasteiger partial charge in [0.2, 0.25) is 5.91 Å². The van der Waals surface area contributed by atoms with Gasteiger partial charge in [0, 0.05) is 26.2 Å². The van der Waals surface area contributed by atoms with Crippen molar-refractivity contribution in [3.8, 4) is 0 Å². The first-order valence-electron chi connectivity index (χ1n) is 8.99. The summed E-state index contributed by atoms with van der Waals surface area (Å²) in [6, 6.07) is 7.18. The highest BCUT2D eigenvalue weighted by molar-refractivity contribution is 5.94. The molecule has 3 rings (SSSR count). The number of nitrogens with zero attached hydrogens (tertiary/aromatic N) is 3. The summed E-state index contributed by atoms with van der Waals surface area (Å²) in [5.41, 5.74) is 1.27. The summed E-state index contributed by atoms with van der Waals surface area (Å²) >= 11 is 0. The van der Waals surface area contributed by atoms with E-state index in [0.717, 1.165) is 5.56 Å². The van der Waals surface area contributed by atoms with Gasteiger partial charge in [0.05, 0.1) is 11.8 Å². The van der Waals surface area contributed by atoms with Crippen LogP contribution in [-0.2, 0) is 4.79 Å². The zero-order chi connectivity index (χ0) is 19.4. The van der Waals surface area contributed by atoms with Gasteiger partial charge in [-0.15, -0.1) is 0 Å². The molecular weight excluding hydrogens is 349 g/mol. The van der Waals surface area contributed by atoms with Gasteiger partial charge in [-0.25, -0.2) is 4.39 Å². The zero-order valence-corrected chi connectivity index (χ0v) is 15.6. The van der Waals surface area contributed by atoms with Crippen molar-refractivity contribution in [2.75, 3.05) is 40.3 Å². The number of carbonyl (C=O) groups excluding carboxylic acids is 2. The second-order valence-electron chi connectivity index (χ2n) is 6.90. The smallest absolute Gasteiger partial charge is 0.257 e. The molecule has 2 amide bonds. The molecule has 6 nitrogen and oxygen atoms in total. The quantitative estimate of drug-likeness (QED) is 0.826. The lowest BCUT2D eigenvalue weighted by atomic mass is 10.0. The molecule has 27 heavy (non-hydrogen) atoms. The molecule has 1 saturated heterocycles. The highest BCUT2D eigenvalue weighted by Crippen LogP contribution is 2.22. The van der Waals surface area contributed by atoms with E-state index in [4.69, 9.17) is 4.42 Å². The van der Waals surface area contributed by atoms with Crippen molar-refractivity contribution in [1.82, 2.24) is 14.7 Å². The van der Waals surface area contributed by atoms with Crippen molar-refractivity contribution in [1.29, 1.82) is 0 Å². The Hall–Kier alpha value is -2.67. The van der Waals surface area contributed by atoms with E-state index in [-0.39, 0.29) is 17.6 Å². The molecule has 0 radical (unpaired) electrons. The summed E-state index contributed by atoms with van der Waals surface area (Å²) < 4.78 is 18.2. The van der Waals surface area contributed by atoms with E-state index in [1.165, 1.54) is 24.7 Å². The lowest BCUT2D eigenvalue weighted by Crippen LogP contribution is -2.42.